The summed E-state index contributed by atoms with van der Waals surface area (Å²) in [5.41, 5.74) is 2.42. The molecule has 0 saturated carbocycles. The van der Waals surface area contributed by atoms with E-state index < -0.39 is 10.0 Å². The number of sulfonamides is 1. The van der Waals surface area contributed by atoms with Crippen LogP contribution in [-0.2, 0) is 21.2 Å². The highest BCUT2D eigenvalue weighted by Gasteiger charge is 2.18. The van der Waals surface area contributed by atoms with Crippen molar-refractivity contribution in [2.45, 2.75) is 30.7 Å². The van der Waals surface area contributed by atoms with Crippen molar-refractivity contribution < 1.29 is 13.2 Å². The third-order valence-corrected chi connectivity index (χ3v) is 6.41. The Morgan fingerprint density at radius 3 is 2.33 bits per heavy atom. The van der Waals surface area contributed by atoms with Gasteiger partial charge in [0.25, 0.3) is 0 Å². The smallest absolute Gasteiger partial charge is 0.241 e. The Morgan fingerprint density at radius 1 is 0.967 bits per heavy atom. The van der Waals surface area contributed by atoms with Gasteiger partial charge in [-0.1, -0.05) is 60.1 Å². The number of anilines is 1. The minimum Gasteiger partial charge on any atom is -0.326 e. The van der Waals surface area contributed by atoms with Crippen LogP contribution in [0.15, 0.2) is 83.8 Å². The van der Waals surface area contributed by atoms with Gasteiger partial charge in [-0.15, -0.1) is 0 Å². The Labute approximate surface area is 182 Å². The van der Waals surface area contributed by atoms with E-state index in [-0.39, 0.29) is 23.3 Å². The van der Waals surface area contributed by atoms with Crippen LogP contribution in [0.5, 0.6) is 0 Å². The van der Waals surface area contributed by atoms with E-state index in [2.05, 4.69) is 10.0 Å². The summed E-state index contributed by atoms with van der Waals surface area (Å²) in [4.78, 5) is 12.3. The summed E-state index contributed by atoms with van der Waals surface area (Å²) in [6, 6.07) is 22.6. The van der Waals surface area contributed by atoms with Crippen molar-refractivity contribution in [3.05, 3.63) is 95.0 Å². The summed E-state index contributed by atoms with van der Waals surface area (Å²) in [6.45, 7) is 1.81. The van der Waals surface area contributed by atoms with E-state index in [1.165, 1.54) is 0 Å². The zero-order valence-electron chi connectivity index (χ0n) is 16.5. The molecule has 0 saturated heterocycles. The van der Waals surface area contributed by atoms with Gasteiger partial charge < -0.3 is 5.32 Å². The molecule has 3 aromatic rings. The standard InChI is InChI=1S/C23H23ClN2O3S/c1-17(19-6-3-2-4-7-19)26-30(28,29)22-13-10-18(11-14-22)12-15-23(27)25-21-9-5-8-20(24)16-21/h2-11,13-14,16-17,26H,12,15H2,1H3,(H,25,27)/t17-/m1/s1. The van der Waals surface area contributed by atoms with Gasteiger partial charge in [-0.3, -0.25) is 4.79 Å². The second-order valence-electron chi connectivity index (χ2n) is 6.96. The summed E-state index contributed by atoms with van der Waals surface area (Å²) in [6.07, 6.45) is 0.780. The van der Waals surface area contributed by atoms with Crippen LogP contribution < -0.4 is 10.0 Å². The zero-order valence-corrected chi connectivity index (χ0v) is 18.1. The van der Waals surface area contributed by atoms with E-state index in [9.17, 15) is 13.2 Å². The lowest BCUT2D eigenvalue weighted by molar-refractivity contribution is -0.116. The van der Waals surface area contributed by atoms with Crippen LogP contribution in [0.2, 0.25) is 5.02 Å². The van der Waals surface area contributed by atoms with Gasteiger partial charge in [0.1, 0.15) is 0 Å². The molecule has 7 heteroatoms. The van der Waals surface area contributed by atoms with Crippen molar-refractivity contribution in [1.29, 1.82) is 0 Å². The molecular weight excluding hydrogens is 420 g/mol. The Balaban J connectivity index is 1.56. The molecule has 0 radical (unpaired) electrons. The monoisotopic (exact) mass is 442 g/mol. The fraction of sp³-hybridized carbons (Fsp3) is 0.174. The number of rotatable bonds is 8. The summed E-state index contributed by atoms with van der Waals surface area (Å²) in [5.74, 6) is -0.132. The molecule has 0 fully saturated rings. The number of hydrogen-bond donors (Lipinski definition) is 2. The Morgan fingerprint density at radius 2 is 1.67 bits per heavy atom. The van der Waals surface area contributed by atoms with Gasteiger partial charge in [0.05, 0.1) is 4.90 Å². The minimum atomic E-state index is -3.64. The summed E-state index contributed by atoms with van der Waals surface area (Å²) < 4.78 is 28.0. The normalized spacial score (nSPS) is 12.3. The largest absolute Gasteiger partial charge is 0.326 e. The number of carbonyl (C=O) groups excluding carboxylic acids is 1. The van der Waals surface area contributed by atoms with Gasteiger partial charge in [0, 0.05) is 23.2 Å². The summed E-state index contributed by atoms with van der Waals surface area (Å²) >= 11 is 5.91. The number of halogens is 1. The van der Waals surface area contributed by atoms with Crippen molar-refractivity contribution >= 4 is 33.2 Å². The van der Waals surface area contributed by atoms with E-state index in [1.54, 1.807) is 55.5 Å². The first-order valence-corrected chi connectivity index (χ1v) is 11.4. The molecule has 3 rings (SSSR count). The molecule has 0 aliphatic rings. The molecule has 0 aliphatic heterocycles. The maximum absolute atomic E-state index is 12.6. The predicted molar refractivity (Wildman–Crippen MR) is 120 cm³/mol. The lowest BCUT2D eigenvalue weighted by Crippen LogP contribution is -2.26. The molecule has 0 aromatic heterocycles. The molecular formula is C23H23ClN2O3S. The fourth-order valence-corrected chi connectivity index (χ4v) is 4.42. The third kappa shape index (κ3) is 6.16. The van der Waals surface area contributed by atoms with Gasteiger partial charge in [-0.05, 0) is 54.8 Å². The first kappa shape index (κ1) is 22.0. The van der Waals surface area contributed by atoms with Crippen LogP contribution >= 0.6 is 11.6 Å². The fourth-order valence-electron chi connectivity index (χ4n) is 2.99. The second-order valence-corrected chi connectivity index (χ2v) is 9.11. The lowest BCUT2D eigenvalue weighted by atomic mass is 10.1. The first-order valence-electron chi connectivity index (χ1n) is 9.55. The molecule has 5 nitrogen and oxygen atoms in total. The van der Waals surface area contributed by atoms with Crippen LogP contribution in [0.25, 0.3) is 0 Å². The van der Waals surface area contributed by atoms with Gasteiger partial charge >= 0.3 is 0 Å². The molecule has 2 N–H and O–H groups in total. The van der Waals surface area contributed by atoms with E-state index in [0.717, 1.165) is 11.1 Å². The number of amides is 1. The average molecular weight is 443 g/mol. The van der Waals surface area contributed by atoms with Gasteiger partial charge in [-0.2, -0.15) is 0 Å². The maximum Gasteiger partial charge on any atom is 0.241 e. The van der Waals surface area contributed by atoms with Crippen LogP contribution in [0.4, 0.5) is 5.69 Å². The highest BCUT2D eigenvalue weighted by Crippen LogP contribution is 2.18. The van der Waals surface area contributed by atoms with E-state index in [0.29, 0.717) is 17.1 Å². The first-order chi connectivity index (χ1) is 14.3. The SMILES string of the molecule is C[C@@H](NS(=O)(=O)c1ccc(CCC(=O)Nc2cccc(Cl)c2)cc1)c1ccccc1. The quantitative estimate of drug-likeness (QED) is 0.518. The van der Waals surface area contributed by atoms with Crippen LogP contribution in [0, 0.1) is 0 Å². The number of aryl methyl sites for hydroxylation is 1. The van der Waals surface area contributed by atoms with Gasteiger partial charge in [-0.25, -0.2) is 13.1 Å². The Kier molecular flexibility index (Phi) is 7.26. The summed E-state index contributed by atoms with van der Waals surface area (Å²) in [7, 11) is -3.64. The molecule has 156 valence electrons. The average Bonchev–Trinajstić information content (AvgIpc) is 2.73. The molecule has 0 spiro atoms. The number of nitrogens with one attached hydrogen (secondary N) is 2. The van der Waals surface area contributed by atoms with E-state index in [1.807, 2.05) is 30.3 Å². The maximum atomic E-state index is 12.6. The molecule has 0 unspecified atom stereocenters. The Hall–Kier alpha value is -2.67. The van der Waals surface area contributed by atoms with E-state index in [4.69, 9.17) is 11.6 Å². The second kappa shape index (κ2) is 9.89. The highest BCUT2D eigenvalue weighted by molar-refractivity contribution is 7.89. The molecule has 3 aromatic carbocycles. The number of hydrogen-bond acceptors (Lipinski definition) is 3. The predicted octanol–water partition coefficient (Wildman–Crippen LogP) is 4.95. The van der Waals surface area contributed by atoms with Gasteiger partial charge in [0.2, 0.25) is 15.9 Å². The zero-order chi connectivity index (χ0) is 21.6. The number of carbonyl (C=O) groups is 1. The lowest BCUT2D eigenvalue weighted by Gasteiger charge is -2.15. The molecule has 1 amide bonds. The van der Waals surface area contributed by atoms with Crippen LogP contribution in [0.1, 0.15) is 30.5 Å². The van der Waals surface area contributed by atoms with Gasteiger partial charge in [0.15, 0.2) is 0 Å². The van der Waals surface area contributed by atoms with Crippen LogP contribution in [-0.4, -0.2) is 14.3 Å². The molecule has 30 heavy (non-hydrogen) atoms. The highest BCUT2D eigenvalue weighted by atomic mass is 35.5. The molecule has 0 aliphatic carbocycles. The van der Waals surface area contributed by atoms with Crippen molar-refractivity contribution in [3.8, 4) is 0 Å². The third-order valence-electron chi connectivity index (χ3n) is 4.61. The Bertz CT molecular complexity index is 1100. The van der Waals surface area contributed by atoms with Crippen molar-refractivity contribution in [2.24, 2.45) is 0 Å². The van der Waals surface area contributed by atoms with Crippen LogP contribution in [0.3, 0.4) is 0 Å². The summed E-state index contributed by atoms with van der Waals surface area (Å²) in [5, 5.41) is 3.35. The van der Waals surface area contributed by atoms with Crippen molar-refractivity contribution in [1.82, 2.24) is 4.72 Å². The van der Waals surface area contributed by atoms with Crippen molar-refractivity contribution in [2.75, 3.05) is 5.32 Å². The minimum absolute atomic E-state index is 0.132. The van der Waals surface area contributed by atoms with Crippen molar-refractivity contribution in [3.63, 3.8) is 0 Å². The number of benzene rings is 3. The molecule has 0 bridgehead atoms. The molecule has 0 heterocycles. The topological polar surface area (TPSA) is 75.3 Å². The van der Waals surface area contributed by atoms with E-state index >= 15 is 0 Å². The molecule has 1 atom stereocenters.